The summed E-state index contributed by atoms with van der Waals surface area (Å²) >= 11 is 0. The molecule has 9 heteroatoms. The maximum absolute atomic E-state index is 12.8. The zero-order chi connectivity index (χ0) is 21.2. The first kappa shape index (κ1) is 21.0. The molecule has 3 rings (SSSR count). The lowest BCUT2D eigenvalue weighted by atomic mass is 10.2. The molecular formula is C21H23N5O4. The first-order valence-electron chi connectivity index (χ1n) is 9.72. The fraction of sp³-hybridized carbons (Fsp3) is 0.286. The minimum atomic E-state index is -0.750. The maximum Gasteiger partial charge on any atom is 0.357 e. The lowest BCUT2D eigenvalue weighted by Crippen LogP contribution is -2.30. The monoisotopic (exact) mass is 409 g/mol. The third-order valence-electron chi connectivity index (χ3n) is 4.20. The van der Waals surface area contributed by atoms with E-state index in [-0.39, 0.29) is 11.6 Å². The van der Waals surface area contributed by atoms with Gasteiger partial charge in [-0.3, -0.25) is 4.79 Å². The molecule has 2 aromatic heterocycles. The van der Waals surface area contributed by atoms with Gasteiger partial charge in [-0.1, -0.05) is 50.1 Å². The highest BCUT2D eigenvalue weighted by atomic mass is 16.5. The maximum atomic E-state index is 12.8. The quantitative estimate of drug-likeness (QED) is 0.311. The van der Waals surface area contributed by atoms with E-state index in [1.165, 1.54) is 17.0 Å². The summed E-state index contributed by atoms with van der Waals surface area (Å²) < 4.78 is 11.8. The Labute approximate surface area is 173 Å². The first-order valence-corrected chi connectivity index (χ1v) is 9.72. The van der Waals surface area contributed by atoms with Crippen LogP contribution in [0.1, 0.15) is 31.9 Å². The number of ether oxygens (including phenoxy) is 1. The van der Waals surface area contributed by atoms with E-state index in [1.54, 1.807) is 12.1 Å². The van der Waals surface area contributed by atoms with Crippen molar-refractivity contribution in [3.63, 3.8) is 0 Å². The van der Waals surface area contributed by atoms with Crippen LogP contribution in [0.5, 0.6) is 0 Å². The van der Waals surface area contributed by atoms with Gasteiger partial charge in [0.15, 0.2) is 18.1 Å². The van der Waals surface area contributed by atoms with Crippen LogP contribution in [0, 0.1) is 0 Å². The van der Waals surface area contributed by atoms with Gasteiger partial charge in [-0.05, 0) is 29.0 Å². The molecule has 0 aliphatic carbocycles. The number of hydrogen-bond donors (Lipinski definition) is 1. The average Bonchev–Trinajstić information content (AvgIpc) is 3.46. The first-order chi connectivity index (χ1) is 14.7. The zero-order valence-electron chi connectivity index (χ0n) is 16.7. The molecule has 0 saturated carbocycles. The number of benzene rings is 1. The highest BCUT2D eigenvalue weighted by Crippen LogP contribution is 2.21. The summed E-state index contributed by atoms with van der Waals surface area (Å²) in [6, 6.07) is 12.6. The fourth-order valence-electron chi connectivity index (χ4n) is 2.69. The van der Waals surface area contributed by atoms with E-state index < -0.39 is 12.6 Å². The summed E-state index contributed by atoms with van der Waals surface area (Å²) in [6.07, 6.45) is 5.91. The van der Waals surface area contributed by atoms with Crippen molar-refractivity contribution in [3.8, 4) is 11.4 Å². The summed E-state index contributed by atoms with van der Waals surface area (Å²) in [5.74, 6) is -0.341. The summed E-state index contributed by atoms with van der Waals surface area (Å²) in [5.41, 5.74) is 0.738. The van der Waals surface area contributed by atoms with Crippen LogP contribution in [-0.2, 0) is 14.3 Å². The van der Waals surface area contributed by atoms with Gasteiger partial charge >= 0.3 is 5.97 Å². The molecule has 0 radical (unpaired) electrons. The number of rotatable bonds is 10. The number of esters is 1. The van der Waals surface area contributed by atoms with Gasteiger partial charge in [0.05, 0.1) is 6.26 Å². The van der Waals surface area contributed by atoms with Gasteiger partial charge in [-0.15, -0.1) is 5.10 Å². The summed E-state index contributed by atoms with van der Waals surface area (Å²) in [7, 11) is 0. The third-order valence-corrected chi connectivity index (χ3v) is 4.20. The van der Waals surface area contributed by atoms with E-state index in [4.69, 9.17) is 9.15 Å². The molecule has 9 nitrogen and oxygen atoms in total. The molecule has 1 amide bonds. The summed E-state index contributed by atoms with van der Waals surface area (Å²) in [5, 5.41) is 14.4. The van der Waals surface area contributed by atoms with E-state index >= 15 is 0 Å². The third kappa shape index (κ3) is 5.63. The Hall–Kier alpha value is -3.75. The Kier molecular flexibility index (Phi) is 7.48. The van der Waals surface area contributed by atoms with E-state index in [0.717, 1.165) is 19.3 Å². The van der Waals surface area contributed by atoms with Gasteiger partial charge < -0.3 is 14.5 Å². The molecule has 0 fully saturated rings. The zero-order valence-corrected chi connectivity index (χ0v) is 16.7. The molecule has 0 bridgehead atoms. The van der Waals surface area contributed by atoms with Crippen molar-refractivity contribution >= 4 is 23.6 Å². The summed E-state index contributed by atoms with van der Waals surface area (Å²) in [6.45, 7) is 2.23. The second kappa shape index (κ2) is 10.7. The van der Waals surface area contributed by atoms with Crippen molar-refractivity contribution in [2.24, 2.45) is 0 Å². The predicted molar refractivity (Wildman–Crippen MR) is 110 cm³/mol. The number of nitrogens with one attached hydrogen (secondary N) is 1. The van der Waals surface area contributed by atoms with E-state index in [1.807, 2.05) is 30.3 Å². The number of tetrazole rings is 1. The highest BCUT2D eigenvalue weighted by Gasteiger charge is 2.22. The van der Waals surface area contributed by atoms with Crippen LogP contribution in [0.15, 0.2) is 53.1 Å². The van der Waals surface area contributed by atoms with Gasteiger partial charge in [-0.2, -0.15) is 4.68 Å². The molecule has 0 spiro atoms. The smallest absolute Gasteiger partial charge is 0.357 e. The molecule has 0 aliphatic rings. The predicted octanol–water partition coefficient (Wildman–Crippen LogP) is 2.78. The SMILES string of the molecule is CCCCCNC(=O)COC(=O)/C(=C/c1ccco1)n1nnnc1-c1ccccc1. The Bertz CT molecular complexity index is 980. The number of hydrogen-bond acceptors (Lipinski definition) is 7. The van der Waals surface area contributed by atoms with Gasteiger partial charge in [0.2, 0.25) is 0 Å². The molecule has 1 N–H and O–H groups in total. The molecule has 2 heterocycles. The number of amides is 1. The van der Waals surface area contributed by atoms with Crippen molar-refractivity contribution in [3.05, 3.63) is 54.5 Å². The van der Waals surface area contributed by atoms with Crippen LogP contribution < -0.4 is 5.32 Å². The number of carbonyl (C=O) groups excluding carboxylic acids is 2. The van der Waals surface area contributed by atoms with Crippen molar-refractivity contribution in [2.45, 2.75) is 26.2 Å². The van der Waals surface area contributed by atoms with Gasteiger partial charge in [-0.25, -0.2) is 4.79 Å². The van der Waals surface area contributed by atoms with Crippen molar-refractivity contribution in [1.29, 1.82) is 0 Å². The molecule has 30 heavy (non-hydrogen) atoms. The standard InChI is InChI=1S/C21H23N5O4/c1-2-3-7-12-22-19(27)15-30-21(28)18(14-17-11-8-13-29-17)26-20(23-24-25-26)16-9-5-4-6-10-16/h4-6,8-11,13-14H,2-3,7,12,15H2,1H3,(H,22,27)/b18-14-. The molecule has 1 aromatic carbocycles. The molecule has 0 saturated heterocycles. The fourth-order valence-corrected chi connectivity index (χ4v) is 2.69. The Balaban J connectivity index is 1.77. The van der Waals surface area contributed by atoms with Gasteiger partial charge in [0, 0.05) is 18.2 Å². The molecule has 3 aromatic rings. The van der Waals surface area contributed by atoms with E-state index in [9.17, 15) is 9.59 Å². The van der Waals surface area contributed by atoms with Gasteiger partial charge in [0.25, 0.3) is 5.91 Å². The van der Waals surface area contributed by atoms with Crippen LogP contribution in [-0.4, -0.2) is 45.2 Å². The molecular weight excluding hydrogens is 386 g/mol. The molecule has 156 valence electrons. The molecule has 0 aliphatic heterocycles. The number of nitrogens with zero attached hydrogens (tertiary/aromatic N) is 4. The Morgan fingerprint density at radius 3 is 2.73 bits per heavy atom. The second-order valence-electron chi connectivity index (χ2n) is 6.46. The lowest BCUT2D eigenvalue weighted by molar-refractivity contribution is -0.143. The number of carbonyl (C=O) groups is 2. The Morgan fingerprint density at radius 2 is 2.00 bits per heavy atom. The number of unbranched alkanes of at least 4 members (excludes halogenated alkanes) is 2. The summed E-state index contributed by atoms with van der Waals surface area (Å²) in [4.78, 5) is 24.8. The highest BCUT2D eigenvalue weighted by molar-refractivity contribution is 6.15. The topological polar surface area (TPSA) is 112 Å². The van der Waals surface area contributed by atoms with Crippen LogP contribution in [0.25, 0.3) is 23.2 Å². The van der Waals surface area contributed by atoms with Crippen LogP contribution in [0.4, 0.5) is 0 Å². The van der Waals surface area contributed by atoms with Crippen molar-refractivity contribution < 1.29 is 18.7 Å². The van der Waals surface area contributed by atoms with Crippen LogP contribution in [0.2, 0.25) is 0 Å². The number of furan rings is 1. The number of aromatic nitrogens is 4. The van der Waals surface area contributed by atoms with E-state index in [2.05, 4.69) is 27.8 Å². The molecule has 0 atom stereocenters. The minimum absolute atomic E-state index is 0.0209. The minimum Gasteiger partial charge on any atom is -0.465 e. The van der Waals surface area contributed by atoms with E-state index in [0.29, 0.717) is 23.7 Å². The lowest BCUT2D eigenvalue weighted by Gasteiger charge is -2.10. The average molecular weight is 409 g/mol. The van der Waals surface area contributed by atoms with Crippen LogP contribution in [0.3, 0.4) is 0 Å². The van der Waals surface area contributed by atoms with Crippen molar-refractivity contribution in [1.82, 2.24) is 25.5 Å². The van der Waals surface area contributed by atoms with Crippen LogP contribution >= 0.6 is 0 Å². The second-order valence-corrected chi connectivity index (χ2v) is 6.46. The molecule has 0 unspecified atom stereocenters. The normalized spacial score (nSPS) is 11.3. The largest absolute Gasteiger partial charge is 0.465 e. The Morgan fingerprint density at radius 1 is 1.17 bits per heavy atom. The van der Waals surface area contributed by atoms with Crippen molar-refractivity contribution in [2.75, 3.05) is 13.2 Å². The van der Waals surface area contributed by atoms with Gasteiger partial charge in [0.1, 0.15) is 5.76 Å².